The van der Waals surface area contributed by atoms with E-state index < -0.39 is 0 Å². The quantitative estimate of drug-likeness (QED) is 0.661. The molecule has 1 unspecified atom stereocenters. The van der Waals surface area contributed by atoms with Crippen LogP contribution in [0.3, 0.4) is 0 Å². The smallest absolute Gasteiger partial charge is 0.241 e. The standard InChI is InChI=1S/C10H20N2O/c1-4-6-11-8-9(3)10(13)12(11)7-5-2/h9H,4-8H2,1-3H3. The molecule has 1 atom stereocenters. The van der Waals surface area contributed by atoms with Gasteiger partial charge < -0.3 is 0 Å². The average Bonchev–Trinajstić information content (AvgIpc) is 2.34. The van der Waals surface area contributed by atoms with Crippen molar-refractivity contribution in [1.82, 2.24) is 10.0 Å². The summed E-state index contributed by atoms with van der Waals surface area (Å²) in [6.45, 7) is 9.07. The molecule has 1 aliphatic heterocycles. The maximum atomic E-state index is 11.7. The zero-order chi connectivity index (χ0) is 9.84. The van der Waals surface area contributed by atoms with Crippen molar-refractivity contribution < 1.29 is 4.79 Å². The Morgan fingerprint density at radius 3 is 2.46 bits per heavy atom. The van der Waals surface area contributed by atoms with Gasteiger partial charge in [0.2, 0.25) is 5.91 Å². The number of rotatable bonds is 4. The van der Waals surface area contributed by atoms with Gasteiger partial charge in [-0.1, -0.05) is 20.8 Å². The largest absolute Gasteiger partial charge is 0.275 e. The van der Waals surface area contributed by atoms with Gasteiger partial charge in [-0.05, 0) is 12.8 Å². The zero-order valence-electron chi connectivity index (χ0n) is 8.92. The lowest BCUT2D eigenvalue weighted by Gasteiger charge is -2.26. The molecule has 1 aliphatic rings. The van der Waals surface area contributed by atoms with Gasteiger partial charge in [-0.2, -0.15) is 0 Å². The Balaban J connectivity index is 2.57. The molecule has 1 heterocycles. The molecule has 1 rings (SSSR count). The average molecular weight is 184 g/mol. The van der Waals surface area contributed by atoms with E-state index in [4.69, 9.17) is 0 Å². The van der Waals surface area contributed by atoms with Gasteiger partial charge >= 0.3 is 0 Å². The van der Waals surface area contributed by atoms with Crippen LogP contribution >= 0.6 is 0 Å². The van der Waals surface area contributed by atoms with Crippen LogP contribution in [0.1, 0.15) is 33.6 Å². The summed E-state index contributed by atoms with van der Waals surface area (Å²) in [4.78, 5) is 11.7. The molecule has 0 aromatic rings. The molecular formula is C10H20N2O. The molecular weight excluding hydrogens is 164 g/mol. The molecule has 0 radical (unpaired) electrons. The minimum Gasteiger partial charge on any atom is -0.275 e. The predicted molar refractivity (Wildman–Crippen MR) is 53.0 cm³/mol. The van der Waals surface area contributed by atoms with Crippen molar-refractivity contribution in [2.75, 3.05) is 19.6 Å². The Hall–Kier alpha value is -0.570. The minimum absolute atomic E-state index is 0.193. The van der Waals surface area contributed by atoms with E-state index in [-0.39, 0.29) is 5.92 Å². The minimum atomic E-state index is 0.193. The van der Waals surface area contributed by atoms with Gasteiger partial charge in [0.05, 0.1) is 5.92 Å². The maximum Gasteiger partial charge on any atom is 0.241 e. The molecule has 76 valence electrons. The van der Waals surface area contributed by atoms with Crippen LogP contribution in [-0.4, -0.2) is 35.6 Å². The molecule has 13 heavy (non-hydrogen) atoms. The van der Waals surface area contributed by atoms with E-state index in [0.29, 0.717) is 5.91 Å². The highest BCUT2D eigenvalue weighted by molar-refractivity contribution is 5.80. The molecule has 0 saturated carbocycles. The molecule has 3 heteroatoms. The summed E-state index contributed by atoms with van der Waals surface area (Å²) in [5.41, 5.74) is 0. The second-order valence-electron chi connectivity index (χ2n) is 3.78. The Labute approximate surface area is 80.7 Å². The number of amides is 1. The van der Waals surface area contributed by atoms with E-state index in [2.05, 4.69) is 18.9 Å². The van der Waals surface area contributed by atoms with Crippen molar-refractivity contribution in [3.8, 4) is 0 Å². The van der Waals surface area contributed by atoms with Gasteiger partial charge in [0.25, 0.3) is 0 Å². The van der Waals surface area contributed by atoms with Crippen molar-refractivity contribution in [2.24, 2.45) is 5.92 Å². The highest BCUT2D eigenvalue weighted by atomic mass is 16.2. The normalized spacial score (nSPS) is 24.4. The summed E-state index contributed by atoms with van der Waals surface area (Å²) in [6.07, 6.45) is 2.15. The summed E-state index contributed by atoms with van der Waals surface area (Å²) >= 11 is 0. The summed E-state index contributed by atoms with van der Waals surface area (Å²) < 4.78 is 0. The van der Waals surface area contributed by atoms with Gasteiger partial charge in [0, 0.05) is 19.6 Å². The molecule has 0 aromatic carbocycles. The second kappa shape index (κ2) is 4.61. The van der Waals surface area contributed by atoms with Crippen LogP contribution < -0.4 is 0 Å². The number of hydrogen-bond acceptors (Lipinski definition) is 2. The van der Waals surface area contributed by atoms with E-state index in [1.165, 1.54) is 0 Å². The Morgan fingerprint density at radius 1 is 1.31 bits per heavy atom. The van der Waals surface area contributed by atoms with Crippen LogP contribution in [0.4, 0.5) is 0 Å². The highest BCUT2D eigenvalue weighted by Gasteiger charge is 2.33. The van der Waals surface area contributed by atoms with E-state index in [1.54, 1.807) is 0 Å². The van der Waals surface area contributed by atoms with Gasteiger partial charge in [-0.25, -0.2) is 5.01 Å². The Morgan fingerprint density at radius 2 is 1.92 bits per heavy atom. The number of hydrogen-bond donors (Lipinski definition) is 0. The van der Waals surface area contributed by atoms with Crippen LogP contribution in [0.2, 0.25) is 0 Å². The third-order valence-electron chi connectivity index (χ3n) is 2.42. The summed E-state index contributed by atoms with van der Waals surface area (Å²) in [5.74, 6) is 0.494. The van der Waals surface area contributed by atoms with Gasteiger partial charge in [-0.3, -0.25) is 9.80 Å². The van der Waals surface area contributed by atoms with Crippen LogP contribution in [0.15, 0.2) is 0 Å². The maximum absolute atomic E-state index is 11.7. The molecule has 0 bridgehead atoms. The van der Waals surface area contributed by atoms with Crippen molar-refractivity contribution in [3.05, 3.63) is 0 Å². The number of carbonyl (C=O) groups excluding carboxylic acids is 1. The molecule has 3 nitrogen and oxygen atoms in total. The Bertz CT molecular complexity index is 182. The zero-order valence-corrected chi connectivity index (χ0v) is 8.92. The predicted octanol–water partition coefficient (Wildman–Crippen LogP) is 1.50. The number of hydrazine groups is 1. The number of nitrogens with zero attached hydrogens (tertiary/aromatic N) is 2. The molecule has 0 aliphatic carbocycles. The van der Waals surface area contributed by atoms with Crippen LogP contribution in [-0.2, 0) is 4.79 Å². The van der Waals surface area contributed by atoms with Crippen LogP contribution in [0.25, 0.3) is 0 Å². The first-order valence-corrected chi connectivity index (χ1v) is 5.26. The fourth-order valence-electron chi connectivity index (χ4n) is 1.82. The van der Waals surface area contributed by atoms with E-state index in [9.17, 15) is 4.79 Å². The van der Waals surface area contributed by atoms with Gasteiger partial charge in [0.1, 0.15) is 0 Å². The van der Waals surface area contributed by atoms with E-state index in [0.717, 1.165) is 32.5 Å². The first kappa shape index (κ1) is 10.5. The SMILES string of the molecule is CCCN1CC(C)C(=O)N1CCC. The van der Waals surface area contributed by atoms with E-state index >= 15 is 0 Å². The first-order valence-electron chi connectivity index (χ1n) is 5.26. The van der Waals surface area contributed by atoms with Crippen LogP contribution in [0, 0.1) is 5.92 Å². The van der Waals surface area contributed by atoms with Crippen molar-refractivity contribution >= 4 is 5.91 Å². The van der Waals surface area contributed by atoms with E-state index in [1.807, 2.05) is 11.9 Å². The lowest BCUT2D eigenvalue weighted by molar-refractivity contribution is -0.139. The lowest BCUT2D eigenvalue weighted by atomic mass is 10.2. The monoisotopic (exact) mass is 184 g/mol. The fraction of sp³-hybridized carbons (Fsp3) is 0.900. The molecule has 0 N–H and O–H groups in total. The van der Waals surface area contributed by atoms with Crippen molar-refractivity contribution in [1.29, 1.82) is 0 Å². The third kappa shape index (κ3) is 2.21. The molecule has 0 aromatic heterocycles. The Kier molecular flexibility index (Phi) is 3.72. The second-order valence-corrected chi connectivity index (χ2v) is 3.78. The molecule has 1 amide bonds. The number of carbonyl (C=O) groups is 1. The van der Waals surface area contributed by atoms with Crippen molar-refractivity contribution in [3.63, 3.8) is 0 Å². The van der Waals surface area contributed by atoms with Crippen LogP contribution in [0.5, 0.6) is 0 Å². The highest BCUT2D eigenvalue weighted by Crippen LogP contribution is 2.18. The van der Waals surface area contributed by atoms with Gasteiger partial charge in [-0.15, -0.1) is 0 Å². The lowest BCUT2D eigenvalue weighted by Crippen LogP contribution is -2.39. The topological polar surface area (TPSA) is 23.6 Å². The first-order chi connectivity index (χ1) is 6.20. The third-order valence-corrected chi connectivity index (χ3v) is 2.42. The summed E-state index contributed by atoms with van der Waals surface area (Å²) in [5, 5.41) is 4.12. The van der Waals surface area contributed by atoms with Crippen molar-refractivity contribution in [2.45, 2.75) is 33.6 Å². The summed E-state index contributed by atoms with van der Waals surface area (Å²) in [6, 6.07) is 0. The molecule has 1 saturated heterocycles. The fourth-order valence-corrected chi connectivity index (χ4v) is 1.82. The summed E-state index contributed by atoms with van der Waals surface area (Å²) in [7, 11) is 0. The van der Waals surface area contributed by atoms with Gasteiger partial charge in [0.15, 0.2) is 0 Å². The molecule has 0 spiro atoms. The molecule has 1 fully saturated rings.